The normalized spacial score (nSPS) is 11.8. The van der Waals surface area contributed by atoms with Crippen LogP contribution in [0.25, 0.3) is 16.8 Å². The first kappa shape index (κ1) is 16.9. The van der Waals surface area contributed by atoms with Gasteiger partial charge < -0.3 is 4.74 Å². The van der Waals surface area contributed by atoms with Crippen LogP contribution in [0.5, 0.6) is 0 Å². The summed E-state index contributed by atoms with van der Waals surface area (Å²) in [5.74, 6) is 1.11. The molecule has 9 nitrogen and oxygen atoms in total. The molecule has 0 aromatic carbocycles. The first-order chi connectivity index (χ1) is 11.7. The van der Waals surface area contributed by atoms with E-state index >= 15 is 0 Å². The Bertz CT molecular complexity index is 936. The number of ether oxygens (including phenoxy) is 1. The molecule has 0 saturated heterocycles. The molecule has 3 aromatic heterocycles. The number of carbonyl (C=O) groups is 1. The third-order valence-corrected chi connectivity index (χ3v) is 3.54. The molecule has 0 saturated carbocycles. The van der Waals surface area contributed by atoms with E-state index in [1.807, 2.05) is 40.9 Å². The fraction of sp³-hybridized carbons (Fsp3) is 0.438. The maximum absolute atomic E-state index is 12.5. The number of imidazole rings is 1. The molecule has 3 rings (SSSR count). The summed E-state index contributed by atoms with van der Waals surface area (Å²) in [5.41, 5.74) is 1.51. The van der Waals surface area contributed by atoms with Gasteiger partial charge in [-0.25, -0.2) is 19.3 Å². The van der Waals surface area contributed by atoms with Gasteiger partial charge in [0.25, 0.3) is 0 Å². The van der Waals surface area contributed by atoms with Crippen molar-refractivity contribution in [2.75, 3.05) is 11.9 Å². The van der Waals surface area contributed by atoms with Gasteiger partial charge >= 0.3 is 6.09 Å². The lowest BCUT2D eigenvalue weighted by molar-refractivity contribution is 0.0588. The molecule has 3 heterocycles. The molecule has 0 radical (unpaired) electrons. The molecular weight excluding hydrogens is 322 g/mol. The van der Waals surface area contributed by atoms with Crippen LogP contribution in [0.4, 0.5) is 10.6 Å². The number of aryl methyl sites for hydroxylation is 2. The summed E-state index contributed by atoms with van der Waals surface area (Å²) in [5, 5.41) is 8.44. The summed E-state index contributed by atoms with van der Waals surface area (Å²) in [6.07, 6.45) is 4.47. The molecule has 0 atom stereocenters. The van der Waals surface area contributed by atoms with Crippen molar-refractivity contribution in [2.24, 2.45) is 7.05 Å². The average Bonchev–Trinajstić information content (AvgIpc) is 3.09. The van der Waals surface area contributed by atoms with E-state index < -0.39 is 11.7 Å². The lowest BCUT2D eigenvalue weighted by Crippen LogP contribution is -2.35. The van der Waals surface area contributed by atoms with Crippen molar-refractivity contribution in [3.8, 4) is 11.3 Å². The monoisotopic (exact) mass is 343 g/mol. The van der Waals surface area contributed by atoms with Gasteiger partial charge in [0.15, 0.2) is 5.82 Å². The Kier molecular flexibility index (Phi) is 3.94. The molecule has 0 aliphatic carbocycles. The summed E-state index contributed by atoms with van der Waals surface area (Å²) in [6, 6.07) is 0. The zero-order chi connectivity index (χ0) is 18.4. The van der Waals surface area contributed by atoms with E-state index in [4.69, 9.17) is 4.74 Å². The third-order valence-electron chi connectivity index (χ3n) is 3.54. The molecule has 0 bridgehead atoms. The fourth-order valence-corrected chi connectivity index (χ4v) is 2.47. The highest BCUT2D eigenvalue weighted by molar-refractivity contribution is 5.95. The van der Waals surface area contributed by atoms with Crippen LogP contribution in [0.2, 0.25) is 0 Å². The Hall–Kier alpha value is -2.97. The van der Waals surface area contributed by atoms with Crippen molar-refractivity contribution in [3.63, 3.8) is 0 Å². The number of hydrogen-bond acceptors (Lipinski definition) is 6. The zero-order valence-electron chi connectivity index (χ0n) is 15.2. The van der Waals surface area contributed by atoms with Crippen LogP contribution in [0.15, 0.2) is 18.7 Å². The van der Waals surface area contributed by atoms with Crippen LogP contribution in [0, 0.1) is 6.92 Å². The van der Waals surface area contributed by atoms with Crippen LogP contribution in [-0.2, 0) is 11.8 Å². The van der Waals surface area contributed by atoms with Crippen LogP contribution >= 0.6 is 0 Å². The van der Waals surface area contributed by atoms with Gasteiger partial charge in [-0.2, -0.15) is 10.2 Å². The van der Waals surface area contributed by atoms with Gasteiger partial charge in [-0.1, -0.05) is 0 Å². The van der Waals surface area contributed by atoms with E-state index in [1.165, 1.54) is 11.2 Å². The van der Waals surface area contributed by atoms with Crippen molar-refractivity contribution in [2.45, 2.75) is 33.3 Å². The van der Waals surface area contributed by atoms with Gasteiger partial charge in [0.2, 0.25) is 0 Å². The summed E-state index contributed by atoms with van der Waals surface area (Å²) in [6.45, 7) is 7.30. The fourth-order valence-electron chi connectivity index (χ4n) is 2.47. The second-order valence-electron chi connectivity index (χ2n) is 6.79. The highest BCUT2D eigenvalue weighted by atomic mass is 16.6. The topological polar surface area (TPSA) is 90.4 Å². The number of amides is 1. The van der Waals surface area contributed by atoms with E-state index in [9.17, 15) is 4.79 Å². The largest absolute Gasteiger partial charge is 0.443 e. The van der Waals surface area contributed by atoms with E-state index in [-0.39, 0.29) is 0 Å². The maximum Gasteiger partial charge on any atom is 0.415 e. The van der Waals surface area contributed by atoms with Gasteiger partial charge in [-0.3, -0.25) is 9.58 Å². The highest BCUT2D eigenvalue weighted by Crippen LogP contribution is 2.30. The minimum absolute atomic E-state index is 0.420. The molecule has 132 valence electrons. The number of anilines is 1. The highest BCUT2D eigenvalue weighted by Gasteiger charge is 2.26. The zero-order valence-corrected chi connectivity index (χ0v) is 15.2. The lowest BCUT2D eigenvalue weighted by atomic mass is 10.2. The number of aromatic nitrogens is 6. The molecule has 0 aliphatic rings. The minimum Gasteiger partial charge on any atom is -0.443 e. The average molecular weight is 343 g/mol. The van der Waals surface area contributed by atoms with Crippen LogP contribution in [0.3, 0.4) is 0 Å². The van der Waals surface area contributed by atoms with Gasteiger partial charge in [0.05, 0.1) is 6.20 Å². The molecular formula is C16H21N7O2. The van der Waals surface area contributed by atoms with E-state index in [1.54, 1.807) is 22.4 Å². The number of carbonyl (C=O) groups excluding carboxylic acids is 1. The van der Waals surface area contributed by atoms with Gasteiger partial charge in [0, 0.05) is 25.9 Å². The number of hydrogen-bond donors (Lipinski definition) is 0. The molecule has 0 fully saturated rings. The molecule has 25 heavy (non-hydrogen) atoms. The smallest absolute Gasteiger partial charge is 0.415 e. The van der Waals surface area contributed by atoms with E-state index in [0.717, 1.165) is 5.56 Å². The minimum atomic E-state index is -0.600. The van der Waals surface area contributed by atoms with Gasteiger partial charge in [-0.05, 0) is 27.7 Å². The number of nitrogens with zero attached hydrogens (tertiary/aromatic N) is 7. The lowest BCUT2D eigenvalue weighted by Gasteiger charge is -2.24. The SMILES string of the molecule is Cc1nc(-c2cnn(C)c2)c2c(N(C)C(=O)OC(C)(C)C)ncnn12. The van der Waals surface area contributed by atoms with Crippen molar-refractivity contribution in [1.82, 2.24) is 29.4 Å². The molecule has 0 N–H and O–H groups in total. The van der Waals surface area contributed by atoms with Crippen molar-refractivity contribution < 1.29 is 9.53 Å². The number of fused-ring (bicyclic) bond motifs is 1. The predicted molar refractivity (Wildman–Crippen MR) is 92.4 cm³/mol. The predicted octanol–water partition coefficient (Wildman–Crippen LogP) is 2.20. The van der Waals surface area contributed by atoms with Gasteiger partial charge in [-0.15, -0.1) is 0 Å². The quantitative estimate of drug-likeness (QED) is 0.708. The van der Waals surface area contributed by atoms with Crippen molar-refractivity contribution in [1.29, 1.82) is 0 Å². The Labute approximate surface area is 145 Å². The number of rotatable bonds is 2. The Morgan fingerprint density at radius 1 is 1.28 bits per heavy atom. The van der Waals surface area contributed by atoms with Crippen molar-refractivity contribution in [3.05, 3.63) is 24.5 Å². The first-order valence-corrected chi connectivity index (χ1v) is 7.83. The van der Waals surface area contributed by atoms with E-state index in [2.05, 4.69) is 20.2 Å². The summed E-state index contributed by atoms with van der Waals surface area (Å²) >= 11 is 0. The van der Waals surface area contributed by atoms with Crippen LogP contribution in [0.1, 0.15) is 26.6 Å². The Balaban J connectivity index is 2.14. The Morgan fingerprint density at radius 3 is 2.60 bits per heavy atom. The van der Waals surface area contributed by atoms with Crippen molar-refractivity contribution >= 4 is 17.4 Å². The van der Waals surface area contributed by atoms with Crippen LogP contribution in [-0.4, -0.2) is 48.1 Å². The summed E-state index contributed by atoms with van der Waals surface area (Å²) in [7, 11) is 3.45. The van der Waals surface area contributed by atoms with Crippen LogP contribution < -0.4 is 4.90 Å². The molecule has 9 heteroatoms. The molecule has 3 aromatic rings. The first-order valence-electron chi connectivity index (χ1n) is 7.83. The summed E-state index contributed by atoms with van der Waals surface area (Å²) < 4.78 is 8.79. The van der Waals surface area contributed by atoms with E-state index in [0.29, 0.717) is 22.9 Å². The second kappa shape index (κ2) is 5.83. The molecule has 1 amide bonds. The standard InChI is InChI=1S/C16H21N7O2/c1-10-20-12(11-7-18-21(5)8-11)13-14(17-9-19-23(10)13)22(6)15(24)25-16(2,3)4/h7-9H,1-6H3. The summed E-state index contributed by atoms with van der Waals surface area (Å²) in [4.78, 5) is 22.7. The van der Waals surface area contributed by atoms with Gasteiger partial charge in [0.1, 0.15) is 29.0 Å². The molecule has 0 aliphatic heterocycles. The Morgan fingerprint density at radius 2 is 2.00 bits per heavy atom. The molecule has 0 spiro atoms. The maximum atomic E-state index is 12.5. The molecule has 0 unspecified atom stereocenters. The third kappa shape index (κ3) is 3.17. The second-order valence-corrected chi connectivity index (χ2v) is 6.79.